The lowest BCUT2D eigenvalue weighted by Gasteiger charge is -2.23. The summed E-state index contributed by atoms with van der Waals surface area (Å²) in [7, 11) is 0. The lowest BCUT2D eigenvalue weighted by Crippen LogP contribution is -2.18. The van der Waals surface area contributed by atoms with E-state index < -0.39 is 0 Å². The van der Waals surface area contributed by atoms with Crippen LogP contribution in [0, 0.1) is 0 Å². The van der Waals surface area contributed by atoms with Gasteiger partial charge in [-0.25, -0.2) is 4.68 Å². The van der Waals surface area contributed by atoms with E-state index in [1.165, 1.54) is 11.1 Å². The molecule has 1 aromatic heterocycles. The Morgan fingerprint density at radius 2 is 2.05 bits per heavy atom. The van der Waals surface area contributed by atoms with E-state index in [2.05, 4.69) is 39.8 Å². The summed E-state index contributed by atoms with van der Waals surface area (Å²) in [6.07, 6.45) is 5.36. The number of aromatic nitrogens is 4. The molecule has 5 heteroatoms. The second kappa shape index (κ2) is 6.13. The highest BCUT2D eigenvalue weighted by molar-refractivity contribution is 5.31. The smallest absolute Gasteiger partial charge is 0.154 e. The van der Waals surface area contributed by atoms with Gasteiger partial charge in [-0.15, -0.1) is 5.10 Å². The minimum Gasteiger partial charge on any atom is -0.330 e. The molecule has 20 heavy (non-hydrogen) atoms. The number of nitrogens with zero attached hydrogens (tertiary/aromatic N) is 4. The molecule has 1 aliphatic carbocycles. The Hall–Kier alpha value is -1.75. The third kappa shape index (κ3) is 2.72. The molecule has 0 spiro atoms. The van der Waals surface area contributed by atoms with Crippen molar-refractivity contribution in [1.29, 1.82) is 0 Å². The van der Waals surface area contributed by atoms with Crippen molar-refractivity contribution in [3.63, 3.8) is 0 Å². The lowest BCUT2D eigenvalue weighted by molar-refractivity contribution is 0.474. The molecule has 0 aliphatic heterocycles. The average Bonchev–Trinajstić information content (AvgIpc) is 2.95. The molecule has 0 saturated carbocycles. The fraction of sp³-hybridized carbons (Fsp3) is 0.533. The summed E-state index contributed by atoms with van der Waals surface area (Å²) >= 11 is 0. The predicted octanol–water partition coefficient (Wildman–Crippen LogP) is 1.68. The number of benzene rings is 1. The molecule has 1 unspecified atom stereocenters. The summed E-state index contributed by atoms with van der Waals surface area (Å²) in [5.41, 5.74) is 8.46. The number of hydrogen-bond donors (Lipinski definition) is 1. The normalized spacial score (nSPS) is 17.9. The van der Waals surface area contributed by atoms with Gasteiger partial charge in [0.25, 0.3) is 0 Å². The van der Waals surface area contributed by atoms with Crippen molar-refractivity contribution in [2.24, 2.45) is 5.73 Å². The first-order chi connectivity index (χ1) is 9.88. The molecule has 0 amide bonds. The van der Waals surface area contributed by atoms with Crippen molar-refractivity contribution in [1.82, 2.24) is 20.2 Å². The van der Waals surface area contributed by atoms with Gasteiger partial charge in [-0.2, -0.15) is 0 Å². The zero-order valence-electron chi connectivity index (χ0n) is 11.7. The quantitative estimate of drug-likeness (QED) is 0.840. The SMILES string of the molecule is NCCCCn1nnnc1C1CCc2ccccc2C1. The summed E-state index contributed by atoms with van der Waals surface area (Å²) < 4.78 is 1.97. The molecular formula is C15H21N5. The van der Waals surface area contributed by atoms with Crippen LogP contribution in [0.15, 0.2) is 24.3 Å². The number of aryl methyl sites for hydroxylation is 2. The number of fused-ring (bicyclic) bond motifs is 1. The van der Waals surface area contributed by atoms with Gasteiger partial charge in [0, 0.05) is 12.5 Å². The molecule has 0 saturated heterocycles. The third-order valence-corrected chi connectivity index (χ3v) is 4.10. The van der Waals surface area contributed by atoms with E-state index in [-0.39, 0.29) is 0 Å². The molecule has 3 rings (SSSR count). The Bertz CT molecular complexity index is 563. The van der Waals surface area contributed by atoms with Crippen molar-refractivity contribution < 1.29 is 0 Å². The number of unbranched alkanes of at least 4 members (excludes halogenated alkanes) is 1. The van der Waals surface area contributed by atoms with E-state index in [0.717, 1.165) is 51.0 Å². The lowest BCUT2D eigenvalue weighted by atomic mass is 9.83. The maximum absolute atomic E-state index is 5.54. The topological polar surface area (TPSA) is 69.6 Å². The maximum Gasteiger partial charge on any atom is 0.154 e. The molecule has 0 fully saturated rings. The number of tetrazole rings is 1. The van der Waals surface area contributed by atoms with Crippen LogP contribution < -0.4 is 5.73 Å². The zero-order valence-corrected chi connectivity index (χ0v) is 11.7. The Morgan fingerprint density at radius 1 is 1.20 bits per heavy atom. The highest BCUT2D eigenvalue weighted by Crippen LogP contribution is 2.31. The molecule has 0 radical (unpaired) electrons. The van der Waals surface area contributed by atoms with Crippen LogP contribution in [0.4, 0.5) is 0 Å². The van der Waals surface area contributed by atoms with E-state index in [1.54, 1.807) is 0 Å². The number of hydrogen-bond acceptors (Lipinski definition) is 4. The Labute approximate surface area is 119 Å². The fourth-order valence-corrected chi connectivity index (χ4v) is 2.99. The zero-order chi connectivity index (χ0) is 13.8. The maximum atomic E-state index is 5.54. The van der Waals surface area contributed by atoms with Gasteiger partial charge in [0.05, 0.1) is 0 Å². The van der Waals surface area contributed by atoms with Crippen LogP contribution in [0.1, 0.15) is 42.1 Å². The van der Waals surface area contributed by atoms with E-state index in [9.17, 15) is 0 Å². The molecule has 1 aromatic carbocycles. The van der Waals surface area contributed by atoms with E-state index in [1.807, 2.05) is 4.68 Å². The van der Waals surface area contributed by atoms with Crippen LogP contribution in [0.25, 0.3) is 0 Å². The molecule has 1 atom stereocenters. The Balaban J connectivity index is 1.73. The molecule has 2 N–H and O–H groups in total. The fourth-order valence-electron chi connectivity index (χ4n) is 2.99. The summed E-state index contributed by atoms with van der Waals surface area (Å²) in [5.74, 6) is 1.48. The summed E-state index contributed by atoms with van der Waals surface area (Å²) in [6.45, 7) is 1.60. The Kier molecular flexibility index (Phi) is 4.06. The minimum absolute atomic E-state index is 0.442. The van der Waals surface area contributed by atoms with Crippen molar-refractivity contribution >= 4 is 0 Å². The number of nitrogens with two attached hydrogens (primary N) is 1. The van der Waals surface area contributed by atoms with Crippen LogP contribution in [0.5, 0.6) is 0 Å². The van der Waals surface area contributed by atoms with Crippen LogP contribution in [0.2, 0.25) is 0 Å². The largest absolute Gasteiger partial charge is 0.330 e. The monoisotopic (exact) mass is 271 g/mol. The first kappa shape index (κ1) is 13.2. The molecule has 2 aromatic rings. The first-order valence-corrected chi connectivity index (χ1v) is 7.41. The molecular weight excluding hydrogens is 250 g/mol. The molecule has 106 valence electrons. The summed E-state index contributed by atoms with van der Waals surface area (Å²) in [6, 6.07) is 8.70. The third-order valence-electron chi connectivity index (χ3n) is 4.10. The van der Waals surface area contributed by atoms with Gasteiger partial charge in [-0.3, -0.25) is 0 Å². The van der Waals surface area contributed by atoms with Gasteiger partial charge in [-0.1, -0.05) is 24.3 Å². The van der Waals surface area contributed by atoms with Crippen LogP contribution in [-0.2, 0) is 19.4 Å². The highest BCUT2D eigenvalue weighted by atomic mass is 15.5. The van der Waals surface area contributed by atoms with Crippen molar-refractivity contribution in [2.75, 3.05) is 6.54 Å². The highest BCUT2D eigenvalue weighted by Gasteiger charge is 2.24. The van der Waals surface area contributed by atoms with Crippen molar-refractivity contribution in [3.8, 4) is 0 Å². The summed E-state index contributed by atoms with van der Waals surface area (Å²) in [5, 5.41) is 12.3. The second-order valence-corrected chi connectivity index (χ2v) is 5.46. The minimum atomic E-state index is 0.442. The van der Waals surface area contributed by atoms with Gasteiger partial charge >= 0.3 is 0 Å². The van der Waals surface area contributed by atoms with Crippen molar-refractivity contribution in [2.45, 2.75) is 44.6 Å². The molecule has 1 heterocycles. The van der Waals surface area contributed by atoms with Gasteiger partial charge in [0.15, 0.2) is 5.82 Å². The van der Waals surface area contributed by atoms with E-state index >= 15 is 0 Å². The molecule has 0 bridgehead atoms. The average molecular weight is 271 g/mol. The van der Waals surface area contributed by atoms with E-state index in [4.69, 9.17) is 5.73 Å². The van der Waals surface area contributed by atoms with Crippen LogP contribution >= 0.6 is 0 Å². The van der Waals surface area contributed by atoms with Crippen LogP contribution in [0.3, 0.4) is 0 Å². The summed E-state index contributed by atoms with van der Waals surface area (Å²) in [4.78, 5) is 0. The van der Waals surface area contributed by atoms with Gasteiger partial charge in [0.2, 0.25) is 0 Å². The second-order valence-electron chi connectivity index (χ2n) is 5.46. The molecule has 1 aliphatic rings. The Morgan fingerprint density at radius 3 is 2.90 bits per heavy atom. The van der Waals surface area contributed by atoms with Gasteiger partial charge in [0.1, 0.15) is 0 Å². The molecule has 5 nitrogen and oxygen atoms in total. The van der Waals surface area contributed by atoms with Gasteiger partial charge in [-0.05, 0) is 60.2 Å². The predicted molar refractivity (Wildman–Crippen MR) is 77.3 cm³/mol. The van der Waals surface area contributed by atoms with E-state index in [0.29, 0.717) is 5.92 Å². The first-order valence-electron chi connectivity index (χ1n) is 7.41. The van der Waals surface area contributed by atoms with Gasteiger partial charge < -0.3 is 5.73 Å². The number of rotatable bonds is 5. The van der Waals surface area contributed by atoms with Crippen molar-refractivity contribution in [3.05, 3.63) is 41.2 Å². The van der Waals surface area contributed by atoms with Crippen LogP contribution in [-0.4, -0.2) is 26.8 Å². The standard InChI is InChI=1S/C15H21N5/c16-9-3-4-10-20-15(17-18-19-20)14-8-7-12-5-1-2-6-13(12)11-14/h1-2,5-6,14H,3-4,7-11,16H2.